The lowest BCUT2D eigenvalue weighted by Crippen LogP contribution is -2.29. The average molecular weight is 601 g/mol. The molecule has 1 aromatic heterocycles. The van der Waals surface area contributed by atoms with Gasteiger partial charge < -0.3 is 24.4 Å². The Morgan fingerprint density at radius 3 is 2.42 bits per heavy atom. The van der Waals surface area contributed by atoms with Gasteiger partial charge in [0.2, 0.25) is 0 Å². The minimum absolute atomic E-state index is 0.0666. The standard InChI is InChI=1S/C32H28N2O8S/c1-17-14-21(11-13-23(17)42-16-19-8-6-5-7-9-19)27(36)25-26(20-10-12-22(35)24(15-20)40-3)34(30(38)28(25)37)32-33-18(2)29(43-32)31(39)41-4/h5-15,26,35-36H,16H2,1-4H3/b27-25+/t26-/m1/s1. The van der Waals surface area contributed by atoms with Crippen LogP contribution in [0.4, 0.5) is 5.13 Å². The Balaban J connectivity index is 1.60. The maximum atomic E-state index is 13.6. The number of aliphatic hydroxyl groups is 1. The lowest BCUT2D eigenvalue weighted by molar-refractivity contribution is -0.132. The maximum Gasteiger partial charge on any atom is 0.350 e. The zero-order valence-electron chi connectivity index (χ0n) is 23.8. The van der Waals surface area contributed by atoms with Gasteiger partial charge in [0.05, 0.1) is 31.5 Å². The van der Waals surface area contributed by atoms with Crippen LogP contribution < -0.4 is 14.4 Å². The molecule has 0 radical (unpaired) electrons. The summed E-state index contributed by atoms with van der Waals surface area (Å²) in [6.45, 7) is 3.75. The summed E-state index contributed by atoms with van der Waals surface area (Å²) in [6.07, 6.45) is 0. The Morgan fingerprint density at radius 2 is 1.74 bits per heavy atom. The molecular weight excluding hydrogens is 572 g/mol. The number of ketones is 1. The van der Waals surface area contributed by atoms with E-state index in [0.717, 1.165) is 21.8 Å². The van der Waals surface area contributed by atoms with E-state index in [4.69, 9.17) is 14.2 Å². The number of aromatic nitrogens is 1. The van der Waals surface area contributed by atoms with Crippen LogP contribution in [0.3, 0.4) is 0 Å². The van der Waals surface area contributed by atoms with Crippen molar-refractivity contribution >= 4 is 39.9 Å². The number of phenolic OH excluding ortho intramolecular Hbond substituents is 1. The minimum Gasteiger partial charge on any atom is -0.507 e. The zero-order chi connectivity index (χ0) is 30.8. The Labute approximate surface area is 251 Å². The lowest BCUT2D eigenvalue weighted by atomic mass is 9.94. The van der Waals surface area contributed by atoms with Gasteiger partial charge in [-0.25, -0.2) is 9.78 Å². The van der Waals surface area contributed by atoms with Crippen molar-refractivity contribution in [1.82, 2.24) is 4.98 Å². The molecule has 4 aromatic rings. The number of anilines is 1. The molecule has 0 saturated carbocycles. The fraction of sp³-hybridized carbons (Fsp3) is 0.188. The van der Waals surface area contributed by atoms with Crippen LogP contribution in [0, 0.1) is 13.8 Å². The number of amides is 1. The molecular formula is C32H28N2O8S. The third-order valence-electron chi connectivity index (χ3n) is 7.01. The van der Waals surface area contributed by atoms with Crippen LogP contribution in [-0.2, 0) is 20.9 Å². The Hall–Kier alpha value is -5.16. The second-order valence-corrected chi connectivity index (χ2v) is 10.7. The number of nitrogens with zero attached hydrogens (tertiary/aromatic N) is 2. The predicted molar refractivity (Wildman–Crippen MR) is 160 cm³/mol. The van der Waals surface area contributed by atoms with Crippen LogP contribution in [0.2, 0.25) is 0 Å². The Morgan fingerprint density at radius 1 is 1.00 bits per heavy atom. The summed E-state index contributed by atoms with van der Waals surface area (Å²) in [5, 5.41) is 21.8. The van der Waals surface area contributed by atoms with Crippen molar-refractivity contribution in [2.45, 2.75) is 26.5 Å². The number of aryl methyl sites for hydroxylation is 2. The number of aliphatic hydroxyl groups excluding tert-OH is 1. The fourth-order valence-electron chi connectivity index (χ4n) is 4.83. The van der Waals surface area contributed by atoms with E-state index in [2.05, 4.69) is 4.98 Å². The molecule has 2 N–H and O–H groups in total. The number of Topliss-reactive ketones (excluding diaryl/α,β-unsaturated/α-hetero) is 1. The molecule has 1 atom stereocenters. The highest BCUT2D eigenvalue weighted by atomic mass is 32.1. The minimum atomic E-state index is -1.15. The van der Waals surface area contributed by atoms with Gasteiger partial charge in [-0.1, -0.05) is 47.7 Å². The molecule has 2 heterocycles. The number of thiazole rings is 1. The number of benzene rings is 3. The molecule has 0 bridgehead atoms. The van der Waals surface area contributed by atoms with Crippen LogP contribution in [0.1, 0.15) is 43.7 Å². The third-order valence-corrected chi connectivity index (χ3v) is 8.15. The highest BCUT2D eigenvalue weighted by Gasteiger charge is 2.48. The molecule has 1 saturated heterocycles. The van der Waals surface area contributed by atoms with Gasteiger partial charge in [-0.15, -0.1) is 0 Å². The van der Waals surface area contributed by atoms with Gasteiger partial charge in [-0.3, -0.25) is 14.5 Å². The molecule has 1 aliphatic heterocycles. The number of phenols is 1. The number of hydrogen-bond acceptors (Lipinski definition) is 10. The molecule has 0 unspecified atom stereocenters. The molecule has 5 rings (SSSR count). The Kier molecular flexibility index (Phi) is 8.18. The van der Waals surface area contributed by atoms with E-state index in [-0.39, 0.29) is 27.1 Å². The molecule has 220 valence electrons. The van der Waals surface area contributed by atoms with Gasteiger partial charge in [0.1, 0.15) is 23.0 Å². The third kappa shape index (κ3) is 5.54. The summed E-state index contributed by atoms with van der Waals surface area (Å²) in [5.74, 6) is -2.38. The van der Waals surface area contributed by atoms with Crippen LogP contribution in [0.25, 0.3) is 5.76 Å². The highest BCUT2D eigenvalue weighted by molar-refractivity contribution is 7.17. The predicted octanol–water partition coefficient (Wildman–Crippen LogP) is 5.47. The maximum absolute atomic E-state index is 13.6. The number of methoxy groups -OCH3 is 2. The summed E-state index contributed by atoms with van der Waals surface area (Å²) >= 11 is 0.890. The quantitative estimate of drug-likeness (QED) is 0.117. The summed E-state index contributed by atoms with van der Waals surface area (Å²) in [5.41, 5.74) is 2.48. The monoisotopic (exact) mass is 600 g/mol. The van der Waals surface area contributed by atoms with E-state index >= 15 is 0 Å². The number of esters is 1. The Bertz CT molecular complexity index is 1760. The van der Waals surface area contributed by atoms with Crippen molar-refractivity contribution in [3.8, 4) is 17.2 Å². The van der Waals surface area contributed by atoms with Gasteiger partial charge >= 0.3 is 11.9 Å². The van der Waals surface area contributed by atoms with E-state index in [9.17, 15) is 24.6 Å². The first kappa shape index (κ1) is 29.3. The van der Waals surface area contributed by atoms with Gasteiger partial charge in [0, 0.05) is 5.56 Å². The lowest BCUT2D eigenvalue weighted by Gasteiger charge is -2.23. The average Bonchev–Trinajstić information content (AvgIpc) is 3.52. The van der Waals surface area contributed by atoms with E-state index < -0.39 is 29.5 Å². The first-order chi connectivity index (χ1) is 20.6. The fourth-order valence-corrected chi connectivity index (χ4v) is 5.84. The van der Waals surface area contributed by atoms with Gasteiger partial charge in [0.25, 0.3) is 5.78 Å². The molecule has 3 aromatic carbocycles. The van der Waals surface area contributed by atoms with Crippen LogP contribution in [0.15, 0.2) is 72.3 Å². The molecule has 43 heavy (non-hydrogen) atoms. The number of ether oxygens (including phenoxy) is 3. The van der Waals surface area contributed by atoms with Gasteiger partial charge in [-0.2, -0.15) is 0 Å². The molecule has 0 aliphatic carbocycles. The number of hydrogen-bond donors (Lipinski definition) is 2. The number of rotatable bonds is 8. The van der Waals surface area contributed by atoms with Crippen molar-refractivity contribution in [3.63, 3.8) is 0 Å². The molecule has 11 heteroatoms. The normalized spacial score (nSPS) is 15.9. The van der Waals surface area contributed by atoms with Crippen LogP contribution in [0.5, 0.6) is 17.2 Å². The summed E-state index contributed by atoms with van der Waals surface area (Å²) in [7, 11) is 2.60. The van der Waals surface area contributed by atoms with Crippen molar-refractivity contribution in [1.29, 1.82) is 0 Å². The van der Waals surface area contributed by atoms with E-state index in [0.29, 0.717) is 34.7 Å². The second-order valence-electron chi connectivity index (χ2n) is 9.76. The molecule has 1 fully saturated rings. The molecule has 1 aliphatic rings. The zero-order valence-corrected chi connectivity index (χ0v) is 24.6. The summed E-state index contributed by atoms with van der Waals surface area (Å²) in [4.78, 5) is 45.1. The smallest absolute Gasteiger partial charge is 0.350 e. The van der Waals surface area contributed by atoms with E-state index in [1.807, 2.05) is 37.3 Å². The van der Waals surface area contributed by atoms with Crippen LogP contribution in [-0.4, -0.2) is 47.1 Å². The van der Waals surface area contributed by atoms with E-state index in [1.165, 1.54) is 32.4 Å². The van der Waals surface area contributed by atoms with Gasteiger partial charge in [0.15, 0.2) is 16.6 Å². The first-order valence-corrected chi connectivity index (χ1v) is 14.0. The van der Waals surface area contributed by atoms with Crippen molar-refractivity contribution in [3.05, 3.63) is 105 Å². The highest BCUT2D eigenvalue weighted by Crippen LogP contribution is 2.45. The van der Waals surface area contributed by atoms with Crippen LogP contribution >= 0.6 is 11.3 Å². The van der Waals surface area contributed by atoms with Crippen molar-refractivity contribution in [2.75, 3.05) is 19.1 Å². The van der Waals surface area contributed by atoms with Gasteiger partial charge in [-0.05, 0) is 60.9 Å². The number of carbonyl (C=O) groups is 3. The largest absolute Gasteiger partial charge is 0.507 e. The summed E-state index contributed by atoms with van der Waals surface area (Å²) < 4.78 is 16.1. The SMILES string of the molecule is COC(=O)c1sc(N2C(=O)C(=O)/C(=C(/O)c3ccc(OCc4ccccc4)c(C)c3)[C@H]2c2ccc(O)c(OC)c2)nc1C. The first-order valence-electron chi connectivity index (χ1n) is 13.2. The molecule has 10 nitrogen and oxygen atoms in total. The number of carbonyl (C=O) groups excluding carboxylic acids is 3. The number of aromatic hydroxyl groups is 1. The second kappa shape index (κ2) is 12.0. The van der Waals surface area contributed by atoms with Crippen molar-refractivity contribution < 1.29 is 38.8 Å². The van der Waals surface area contributed by atoms with E-state index in [1.54, 1.807) is 25.1 Å². The molecule has 1 amide bonds. The van der Waals surface area contributed by atoms with Crippen molar-refractivity contribution in [2.24, 2.45) is 0 Å². The summed E-state index contributed by atoms with van der Waals surface area (Å²) in [6, 6.07) is 17.8. The molecule has 0 spiro atoms. The topological polar surface area (TPSA) is 135 Å².